The summed E-state index contributed by atoms with van der Waals surface area (Å²) in [5, 5.41) is 15.3. The van der Waals surface area contributed by atoms with Crippen LogP contribution in [0.15, 0.2) is 36.4 Å². The molecule has 0 unspecified atom stereocenters. The van der Waals surface area contributed by atoms with E-state index in [1.165, 1.54) is 0 Å². The van der Waals surface area contributed by atoms with Gasteiger partial charge >= 0.3 is 0 Å². The summed E-state index contributed by atoms with van der Waals surface area (Å²) < 4.78 is 0. The highest BCUT2D eigenvalue weighted by atomic mass is 16.3. The highest BCUT2D eigenvalue weighted by molar-refractivity contribution is 5.87. The minimum atomic E-state index is 0.334. The van der Waals surface area contributed by atoms with Crippen LogP contribution < -0.4 is 5.32 Å². The molecule has 0 aliphatic carbocycles. The molecule has 2 heteroatoms. The van der Waals surface area contributed by atoms with Crippen LogP contribution in [-0.2, 0) is 6.54 Å². The second-order valence-corrected chi connectivity index (χ2v) is 3.81. The minimum absolute atomic E-state index is 0.334. The fourth-order valence-electron chi connectivity index (χ4n) is 1.85. The zero-order chi connectivity index (χ0) is 12.1. The third kappa shape index (κ3) is 2.58. The molecule has 0 radical (unpaired) electrons. The second-order valence-electron chi connectivity index (χ2n) is 3.81. The van der Waals surface area contributed by atoms with Gasteiger partial charge in [0.1, 0.15) is 5.75 Å². The lowest BCUT2D eigenvalue weighted by molar-refractivity contribution is 0.467. The van der Waals surface area contributed by atoms with Crippen LogP contribution in [0.3, 0.4) is 0 Å². The van der Waals surface area contributed by atoms with Gasteiger partial charge in [-0.25, -0.2) is 0 Å². The monoisotopic (exact) mass is 225 g/mol. The Morgan fingerprint density at radius 1 is 1.18 bits per heavy atom. The fourth-order valence-corrected chi connectivity index (χ4v) is 1.85. The van der Waals surface area contributed by atoms with Crippen molar-refractivity contribution < 1.29 is 5.11 Å². The van der Waals surface area contributed by atoms with Gasteiger partial charge in [-0.15, -0.1) is 5.92 Å². The van der Waals surface area contributed by atoms with Gasteiger partial charge in [0, 0.05) is 12.1 Å². The molecule has 0 aromatic heterocycles. The van der Waals surface area contributed by atoms with Crippen LogP contribution in [0.5, 0.6) is 5.75 Å². The van der Waals surface area contributed by atoms with Crippen molar-refractivity contribution in [2.75, 3.05) is 6.54 Å². The molecule has 0 aliphatic rings. The molecule has 2 nitrogen and oxygen atoms in total. The van der Waals surface area contributed by atoms with E-state index in [-0.39, 0.29) is 0 Å². The molecular weight excluding hydrogens is 210 g/mol. The zero-order valence-corrected chi connectivity index (χ0v) is 9.83. The van der Waals surface area contributed by atoms with Crippen molar-refractivity contribution in [2.45, 2.75) is 13.5 Å². The van der Waals surface area contributed by atoms with Crippen LogP contribution in [-0.4, -0.2) is 11.7 Å². The predicted molar refractivity (Wildman–Crippen MR) is 70.8 cm³/mol. The largest absolute Gasteiger partial charge is 0.508 e. The fraction of sp³-hybridized carbons (Fsp3) is 0.200. The molecule has 2 rings (SSSR count). The number of phenolic OH excluding ortho intramolecular Hbond substituents is 1. The smallest absolute Gasteiger partial charge is 0.120 e. The average molecular weight is 225 g/mol. The molecule has 2 N–H and O–H groups in total. The van der Waals surface area contributed by atoms with E-state index in [0.29, 0.717) is 18.8 Å². The van der Waals surface area contributed by atoms with E-state index in [2.05, 4.69) is 17.2 Å². The van der Waals surface area contributed by atoms with Crippen LogP contribution in [0.25, 0.3) is 10.8 Å². The maximum atomic E-state index is 9.89. The highest BCUT2D eigenvalue weighted by Crippen LogP contribution is 2.26. The summed E-state index contributed by atoms with van der Waals surface area (Å²) in [6.07, 6.45) is 0. The minimum Gasteiger partial charge on any atom is -0.508 e. The first-order chi connectivity index (χ1) is 8.33. The van der Waals surface area contributed by atoms with Crippen molar-refractivity contribution in [1.82, 2.24) is 5.32 Å². The van der Waals surface area contributed by atoms with E-state index in [1.807, 2.05) is 37.3 Å². The SMILES string of the molecule is CC#CCNCc1c(O)ccc2ccccc12. The molecule has 2 aromatic carbocycles. The van der Waals surface area contributed by atoms with E-state index >= 15 is 0 Å². The summed E-state index contributed by atoms with van der Waals surface area (Å²) in [6, 6.07) is 11.7. The number of nitrogens with one attached hydrogen (secondary N) is 1. The van der Waals surface area contributed by atoms with Crippen LogP contribution >= 0.6 is 0 Å². The maximum Gasteiger partial charge on any atom is 0.120 e. The maximum absolute atomic E-state index is 9.89. The van der Waals surface area contributed by atoms with E-state index in [0.717, 1.165) is 16.3 Å². The summed E-state index contributed by atoms with van der Waals surface area (Å²) in [7, 11) is 0. The van der Waals surface area contributed by atoms with E-state index in [1.54, 1.807) is 6.07 Å². The molecule has 0 spiro atoms. The van der Waals surface area contributed by atoms with Crippen molar-refractivity contribution in [3.8, 4) is 17.6 Å². The standard InChI is InChI=1S/C15H15NO/c1-2-3-10-16-11-14-13-7-5-4-6-12(13)8-9-15(14)17/h4-9,16-17H,10-11H2,1H3. The summed E-state index contributed by atoms with van der Waals surface area (Å²) in [6.45, 7) is 3.08. The number of phenols is 1. The summed E-state index contributed by atoms with van der Waals surface area (Å²) in [5.74, 6) is 6.11. The molecule has 17 heavy (non-hydrogen) atoms. The predicted octanol–water partition coefficient (Wildman–Crippen LogP) is 2.66. The third-order valence-electron chi connectivity index (χ3n) is 2.71. The molecule has 0 fully saturated rings. The lowest BCUT2D eigenvalue weighted by Gasteiger charge is -2.09. The van der Waals surface area contributed by atoms with Gasteiger partial charge in [0.05, 0.1) is 6.54 Å². The number of benzene rings is 2. The third-order valence-corrected chi connectivity index (χ3v) is 2.71. The highest BCUT2D eigenvalue weighted by Gasteiger charge is 2.05. The Balaban J connectivity index is 2.30. The van der Waals surface area contributed by atoms with Crippen molar-refractivity contribution in [3.63, 3.8) is 0 Å². The topological polar surface area (TPSA) is 32.3 Å². The van der Waals surface area contributed by atoms with Gasteiger partial charge in [0.2, 0.25) is 0 Å². The molecule has 0 aliphatic heterocycles. The molecule has 0 saturated heterocycles. The van der Waals surface area contributed by atoms with Gasteiger partial charge < -0.3 is 10.4 Å². The first-order valence-electron chi connectivity index (χ1n) is 5.63. The lowest BCUT2D eigenvalue weighted by atomic mass is 10.0. The Kier molecular flexibility index (Phi) is 3.64. The Hall–Kier alpha value is -1.98. The molecule has 0 bridgehead atoms. The Bertz CT molecular complexity index is 578. The van der Waals surface area contributed by atoms with E-state index in [4.69, 9.17) is 0 Å². The van der Waals surface area contributed by atoms with Gasteiger partial charge in [0.15, 0.2) is 0 Å². The summed E-state index contributed by atoms with van der Waals surface area (Å²) in [5.41, 5.74) is 0.931. The Morgan fingerprint density at radius 3 is 2.82 bits per heavy atom. The quantitative estimate of drug-likeness (QED) is 0.621. The number of fused-ring (bicyclic) bond motifs is 1. The summed E-state index contributed by atoms with van der Waals surface area (Å²) in [4.78, 5) is 0. The van der Waals surface area contributed by atoms with Gasteiger partial charge in [-0.3, -0.25) is 0 Å². The molecular formula is C15H15NO. The first kappa shape index (κ1) is 11.5. The van der Waals surface area contributed by atoms with Crippen molar-refractivity contribution >= 4 is 10.8 Å². The lowest BCUT2D eigenvalue weighted by Crippen LogP contribution is -2.13. The Labute approximate surface area is 101 Å². The second kappa shape index (κ2) is 5.38. The molecule has 0 saturated carbocycles. The van der Waals surface area contributed by atoms with Crippen molar-refractivity contribution in [2.24, 2.45) is 0 Å². The normalized spacial score (nSPS) is 9.94. The molecule has 0 heterocycles. The number of hydrogen-bond acceptors (Lipinski definition) is 2. The summed E-state index contributed by atoms with van der Waals surface area (Å²) >= 11 is 0. The van der Waals surface area contributed by atoms with Crippen LogP contribution in [0.2, 0.25) is 0 Å². The zero-order valence-electron chi connectivity index (χ0n) is 9.83. The van der Waals surface area contributed by atoms with Crippen LogP contribution in [0.4, 0.5) is 0 Å². The molecule has 0 amide bonds. The number of aromatic hydroxyl groups is 1. The van der Waals surface area contributed by atoms with Gasteiger partial charge in [-0.1, -0.05) is 36.3 Å². The van der Waals surface area contributed by atoms with Crippen LogP contribution in [0, 0.1) is 11.8 Å². The number of hydrogen-bond donors (Lipinski definition) is 2. The molecule has 86 valence electrons. The average Bonchev–Trinajstić information content (AvgIpc) is 2.37. The molecule has 0 atom stereocenters. The molecule has 2 aromatic rings. The number of rotatable bonds is 3. The van der Waals surface area contributed by atoms with Crippen LogP contribution in [0.1, 0.15) is 12.5 Å². The van der Waals surface area contributed by atoms with Gasteiger partial charge in [-0.2, -0.15) is 0 Å². The van der Waals surface area contributed by atoms with Crippen molar-refractivity contribution in [1.29, 1.82) is 0 Å². The van der Waals surface area contributed by atoms with E-state index < -0.39 is 0 Å². The van der Waals surface area contributed by atoms with E-state index in [9.17, 15) is 5.11 Å². The van der Waals surface area contributed by atoms with Crippen molar-refractivity contribution in [3.05, 3.63) is 42.0 Å². The van der Waals surface area contributed by atoms with Gasteiger partial charge in [0.25, 0.3) is 0 Å². The Morgan fingerprint density at radius 2 is 2.00 bits per heavy atom. The first-order valence-corrected chi connectivity index (χ1v) is 5.63. The van der Waals surface area contributed by atoms with Gasteiger partial charge in [-0.05, 0) is 23.8 Å².